The highest BCUT2D eigenvalue weighted by molar-refractivity contribution is 5.75. The molecule has 1 aromatic carbocycles. The van der Waals surface area contributed by atoms with Crippen LogP contribution in [-0.2, 0) is 6.54 Å². The van der Waals surface area contributed by atoms with Gasteiger partial charge in [-0.05, 0) is 43.4 Å². The predicted molar refractivity (Wildman–Crippen MR) is 107 cm³/mol. The Morgan fingerprint density at radius 3 is 2.52 bits per heavy atom. The van der Waals surface area contributed by atoms with Crippen LogP contribution in [0.1, 0.15) is 43.1 Å². The van der Waals surface area contributed by atoms with Gasteiger partial charge in [-0.15, -0.1) is 0 Å². The van der Waals surface area contributed by atoms with E-state index < -0.39 is 0 Å². The molecule has 2 saturated heterocycles. The van der Waals surface area contributed by atoms with E-state index in [2.05, 4.69) is 20.4 Å². The van der Waals surface area contributed by atoms with Gasteiger partial charge in [0.25, 0.3) is 0 Å². The van der Waals surface area contributed by atoms with Gasteiger partial charge in [0, 0.05) is 42.5 Å². The summed E-state index contributed by atoms with van der Waals surface area (Å²) in [4.78, 5) is 23.5. The fraction of sp³-hybridized carbons (Fsp3) is 0.364. The first-order valence-electron chi connectivity index (χ1n) is 10.1. The summed E-state index contributed by atoms with van der Waals surface area (Å²) < 4.78 is 5.58. The first-order valence-corrected chi connectivity index (χ1v) is 10.1. The number of aromatic nitrogens is 3. The van der Waals surface area contributed by atoms with Gasteiger partial charge in [0.15, 0.2) is 0 Å². The number of nitrogens with one attached hydrogen (secondary N) is 1. The summed E-state index contributed by atoms with van der Waals surface area (Å²) in [7, 11) is 0. The van der Waals surface area contributed by atoms with Gasteiger partial charge < -0.3 is 14.7 Å². The Hall–Kier alpha value is -3.22. The molecule has 0 radical (unpaired) electrons. The van der Waals surface area contributed by atoms with Crippen molar-refractivity contribution in [3.63, 3.8) is 0 Å². The SMILES string of the molecule is O=C(NCc1ccccc1)N1C2CCC1CC(c1nc(-c3ccncc3)no1)C2. The summed E-state index contributed by atoms with van der Waals surface area (Å²) in [6, 6.07) is 14.2. The van der Waals surface area contributed by atoms with E-state index in [1.54, 1.807) is 12.4 Å². The molecule has 2 atom stereocenters. The van der Waals surface area contributed by atoms with Crippen molar-refractivity contribution in [1.29, 1.82) is 0 Å². The average Bonchev–Trinajstić information content (AvgIpc) is 3.36. The van der Waals surface area contributed by atoms with Crippen LogP contribution in [0.25, 0.3) is 11.4 Å². The summed E-state index contributed by atoms with van der Waals surface area (Å²) >= 11 is 0. The molecule has 148 valence electrons. The Bertz CT molecular complexity index is 961. The molecule has 7 heteroatoms. The van der Waals surface area contributed by atoms with Crippen LogP contribution in [0.4, 0.5) is 4.79 Å². The molecule has 2 amide bonds. The lowest BCUT2D eigenvalue weighted by molar-refractivity contribution is 0.130. The molecule has 0 spiro atoms. The first kappa shape index (κ1) is 17.8. The summed E-state index contributed by atoms with van der Waals surface area (Å²) in [5, 5.41) is 7.22. The van der Waals surface area contributed by atoms with E-state index in [9.17, 15) is 4.79 Å². The molecule has 29 heavy (non-hydrogen) atoms. The second-order valence-electron chi connectivity index (χ2n) is 7.80. The van der Waals surface area contributed by atoms with Crippen molar-refractivity contribution >= 4 is 6.03 Å². The minimum Gasteiger partial charge on any atom is -0.339 e. The number of amides is 2. The highest BCUT2D eigenvalue weighted by Gasteiger charge is 2.45. The number of hydrogen-bond donors (Lipinski definition) is 1. The van der Waals surface area contributed by atoms with E-state index in [1.165, 1.54) is 0 Å². The number of pyridine rings is 1. The minimum absolute atomic E-state index is 0.0304. The zero-order valence-corrected chi connectivity index (χ0v) is 16.1. The zero-order chi connectivity index (χ0) is 19.6. The van der Waals surface area contributed by atoms with Gasteiger partial charge in [0.1, 0.15) is 0 Å². The maximum Gasteiger partial charge on any atom is 0.318 e. The van der Waals surface area contributed by atoms with Gasteiger partial charge in [-0.2, -0.15) is 4.98 Å². The Kier molecular flexibility index (Phi) is 4.71. The van der Waals surface area contributed by atoms with Gasteiger partial charge in [-0.25, -0.2) is 4.79 Å². The topological polar surface area (TPSA) is 84.2 Å². The van der Waals surface area contributed by atoms with Gasteiger partial charge >= 0.3 is 6.03 Å². The van der Waals surface area contributed by atoms with Gasteiger partial charge in [-0.1, -0.05) is 35.5 Å². The van der Waals surface area contributed by atoms with Gasteiger partial charge in [-0.3, -0.25) is 4.98 Å². The number of rotatable bonds is 4. The lowest BCUT2D eigenvalue weighted by Crippen LogP contribution is -2.50. The Morgan fingerprint density at radius 1 is 1.07 bits per heavy atom. The number of urea groups is 1. The molecule has 0 aliphatic carbocycles. The van der Waals surface area contributed by atoms with Crippen molar-refractivity contribution in [3.8, 4) is 11.4 Å². The van der Waals surface area contributed by atoms with E-state index in [-0.39, 0.29) is 24.0 Å². The van der Waals surface area contributed by atoms with Crippen molar-refractivity contribution in [3.05, 3.63) is 66.3 Å². The number of benzene rings is 1. The largest absolute Gasteiger partial charge is 0.339 e. The smallest absolute Gasteiger partial charge is 0.318 e. The summed E-state index contributed by atoms with van der Waals surface area (Å²) in [6.07, 6.45) is 7.24. The fourth-order valence-corrected chi connectivity index (χ4v) is 4.59. The zero-order valence-electron chi connectivity index (χ0n) is 16.1. The van der Waals surface area contributed by atoms with Crippen molar-refractivity contribution in [2.75, 3.05) is 0 Å². The van der Waals surface area contributed by atoms with Crippen LogP contribution in [0, 0.1) is 0 Å². The van der Waals surface area contributed by atoms with Crippen LogP contribution in [0.3, 0.4) is 0 Å². The summed E-state index contributed by atoms with van der Waals surface area (Å²) in [5.74, 6) is 1.48. The Balaban J connectivity index is 1.24. The number of carbonyl (C=O) groups excluding carboxylic acids is 1. The molecule has 2 aliphatic heterocycles. The molecular weight excluding hydrogens is 366 g/mol. The van der Waals surface area contributed by atoms with Crippen molar-refractivity contribution < 1.29 is 9.32 Å². The van der Waals surface area contributed by atoms with Crippen LogP contribution < -0.4 is 5.32 Å². The van der Waals surface area contributed by atoms with E-state index in [4.69, 9.17) is 4.52 Å². The maximum absolute atomic E-state index is 12.8. The molecule has 2 fully saturated rings. The third-order valence-corrected chi connectivity index (χ3v) is 5.98. The van der Waals surface area contributed by atoms with Crippen LogP contribution in [0.15, 0.2) is 59.4 Å². The molecule has 7 nitrogen and oxygen atoms in total. The summed E-state index contributed by atoms with van der Waals surface area (Å²) in [5.41, 5.74) is 2.01. The fourth-order valence-electron chi connectivity index (χ4n) is 4.59. The van der Waals surface area contributed by atoms with Crippen LogP contribution in [-0.4, -0.2) is 38.1 Å². The van der Waals surface area contributed by atoms with E-state index >= 15 is 0 Å². The molecule has 2 aliphatic rings. The van der Waals surface area contributed by atoms with Gasteiger partial charge in [0.2, 0.25) is 11.7 Å². The molecule has 0 saturated carbocycles. The van der Waals surface area contributed by atoms with E-state index in [1.807, 2.05) is 47.4 Å². The van der Waals surface area contributed by atoms with Crippen LogP contribution in [0.5, 0.6) is 0 Å². The lowest BCUT2D eigenvalue weighted by atomic mass is 9.91. The Morgan fingerprint density at radius 2 is 1.79 bits per heavy atom. The van der Waals surface area contributed by atoms with Crippen LogP contribution in [0.2, 0.25) is 0 Å². The Labute approximate surface area is 169 Å². The van der Waals surface area contributed by atoms with Crippen molar-refractivity contribution in [2.45, 2.75) is 50.2 Å². The number of fused-ring (bicyclic) bond motifs is 2. The minimum atomic E-state index is 0.0304. The highest BCUT2D eigenvalue weighted by Crippen LogP contribution is 2.42. The lowest BCUT2D eigenvalue weighted by Gasteiger charge is -2.37. The molecule has 2 unspecified atom stereocenters. The third-order valence-electron chi connectivity index (χ3n) is 5.98. The maximum atomic E-state index is 12.8. The molecule has 2 aromatic heterocycles. The molecular formula is C22H23N5O2. The average molecular weight is 389 g/mol. The second-order valence-corrected chi connectivity index (χ2v) is 7.80. The molecule has 4 heterocycles. The third kappa shape index (κ3) is 3.60. The van der Waals surface area contributed by atoms with Crippen LogP contribution >= 0.6 is 0 Å². The molecule has 2 bridgehead atoms. The highest BCUT2D eigenvalue weighted by atomic mass is 16.5. The van der Waals surface area contributed by atoms with Crippen molar-refractivity contribution in [1.82, 2.24) is 25.3 Å². The van der Waals surface area contributed by atoms with Gasteiger partial charge in [0.05, 0.1) is 0 Å². The number of nitrogens with zero attached hydrogens (tertiary/aromatic N) is 4. The molecule has 3 aromatic rings. The first-order chi connectivity index (χ1) is 14.3. The standard InChI is InChI=1S/C22H23N5O2/c28-22(24-14-15-4-2-1-3-5-15)27-18-6-7-19(27)13-17(12-18)21-25-20(26-29-21)16-8-10-23-11-9-16/h1-5,8-11,17-19H,6-7,12-14H2,(H,24,28). The number of carbonyl (C=O) groups is 1. The predicted octanol–water partition coefficient (Wildman–Crippen LogP) is 3.75. The quantitative estimate of drug-likeness (QED) is 0.735. The normalized spacial score (nSPS) is 23.2. The molecule has 5 rings (SSSR count). The summed E-state index contributed by atoms with van der Waals surface area (Å²) in [6.45, 7) is 0.554. The monoisotopic (exact) mass is 389 g/mol. The second kappa shape index (κ2) is 7.66. The van der Waals surface area contributed by atoms with Crippen molar-refractivity contribution in [2.24, 2.45) is 0 Å². The number of hydrogen-bond acceptors (Lipinski definition) is 5. The van der Waals surface area contributed by atoms with E-state index in [0.29, 0.717) is 18.3 Å². The molecule has 1 N–H and O–H groups in total. The number of piperidine rings is 1. The van der Waals surface area contributed by atoms with E-state index in [0.717, 1.165) is 36.8 Å².